The third-order valence-electron chi connectivity index (χ3n) is 2.78. The van der Waals surface area contributed by atoms with Crippen LogP contribution in [0.25, 0.3) is 0 Å². The zero-order chi connectivity index (χ0) is 13.8. The van der Waals surface area contributed by atoms with Gasteiger partial charge in [-0.25, -0.2) is 0 Å². The number of rotatable bonds is 4. The van der Waals surface area contributed by atoms with Gasteiger partial charge in [-0.05, 0) is 42.0 Å². The Morgan fingerprint density at radius 1 is 0.895 bits per heavy atom. The molecule has 0 aliphatic rings. The molecule has 2 aromatic carbocycles. The van der Waals surface area contributed by atoms with Crippen LogP contribution in [0.15, 0.2) is 48.5 Å². The molecule has 4 heteroatoms. The third kappa shape index (κ3) is 3.22. The van der Waals surface area contributed by atoms with Gasteiger partial charge in [0.25, 0.3) is 0 Å². The van der Waals surface area contributed by atoms with Crippen molar-refractivity contribution < 1.29 is 9.59 Å². The van der Waals surface area contributed by atoms with Gasteiger partial charge in [-0.1, -0.05) is 35.3 Å². The minimum absolute atomic E-state index is 0.256. The van der Waals surface area contributed by atoms with E-state index in [1.807, 2.05) is 0 Å². The summed E-state index contributed by atoms with van der Waals surface area (Å²) in [7, 11) is 0. The first-order valence-electron chi connectivity index (χ1n) is 5.62. The Labute approximate surface area is 121 Å². The number of aldehydes is 1. The van der Waals surface area contributed by atoms with Crippen LogP contribution in [0.3, 0.4) is 0 Å². The maximum Gasteiger partial charge on any atom is 0.177 e. The summed E-state index contributed by atoms with van der Waals surface area (Å²) in [6.45, 7) is 0. The van der Waals surface area contributed by atoms with Gasteiger partial charge in [0, 0.05) is 15.6 Å². The predicted octanol–water partition coefficient (Wildman–Crippen LogP) is 4.16. The molecule has 0 aromatic heterocycles. The lowest BCUT2D eigenvalue weighted by molar-refractivity contribution is -0.108. The van der Waals surface area contributed by atoms with Gasteiger partial charge < -0.3 is 4.79 Å². The third-order valence-corrected chi connectivity index (χ3v) is 3.28. The number of hydrogen-bond donors (Lipinski definition) is 0. The summed E-state index contributed by atoms with van der Waals surface area (Å²) in [4.78, 5) is 23.5. The molecule has 2 aromatic rings. The Morgan fingerprint density at radius 2 is 1.37 bits per heavy atom. The highest BCUT2D eigenvalue weighted by Gasteiger charge is 2.21. The fourth-order valence-corrected chi connectivity index (χ4v) is 2.01. The van der Waals surface area contributed by atoms with Gasteiger partial charge in [-0.15, -0.1) is 0 Å². The smallest absolute Gasteiger partial charge is 0.177 e. The average Bonchev–Trinajstić information content (AvgIpc) is 2.42. The van der Waals surface area contributed by atoms with E-state index in [1.165, 1.54) is 0 Å². The molecular weight excluding hydrogens is 283 g/mol. The molecule has 0 aliphatic heterocycles. The molecule has 0 heterocycles. The highest BCUT2D eigenvalue weighted by molar-refractivity contribution is 6.31. The summed E-state index contributed by atoms with van der Waals surface area (Å²) in [5.41, 5.74) is 1.08. The minimum Gasteiger partial charge on any atom is -0.302 e. The number of Topliss-reactive ketones (excluding diaryl/α,β-unsaturated/α-hetero) is 1. The Kier molecular flexibility index (Phi) is 4.35. The highest BCUT2D eigenvalue weighted by atomic mass is 35.5. The van der Waals surface area contributed by atoms with Crippen molar-refractivity contribution in [1.29, 1.82) is 0 Å². The van der Waals surface area contributed by atoms with Gasteiger partial charge in [0.05, 0.1) is 0 Å². The van der Waals surface area contributed by atoms with E-state index in [2.05, 4.69) is 0 Å². The molecule has 19 heavy (non-hydrogen) atoms. The number of carbonyl (C=O) groups is 2. The number of ketones is 1. The van der Waals surface area contributed by atoms with Gasteiger partial charge in [0.15, 0.2) is 5.78 Å². The fraction of sp³-hybridized carbons (Fsp3) is 0.0667. The minimum atomic E-state index is -0.821. The predicted molar refractivity (Wildman–Crippen MR) is 76.0 cm³/mol. The van der Waals surface area contributed by atoms with Crippen LogP contribution in [0.4, 0.5) is 0 Å². The summed E-state index contributed by atoms with van der Waals surface area (Å²) in [5.74, 6) is -1.08. The zero-order valence-electron chi connectivity index (χ0n) is 9.85. The highest BCUT2D eigenvalue weighted by Crippen LogP contribution is 2.22. The molecule has 0 spiro atoms. The maximum atomic E-state index is 12.3. The van der Waals surface area contributed by atoms with E-state index in [0.29, 0.717) is 27.5 Å². The number of carbonyl (C=O) groups excluding carboxylic acids is 2. The molecule has 0 bridgehead atoms. The standard InChI is InChI=1S/C15H10Cl2O2/c16-12-5-1-10(2-6-12)14(9-18)15(19)11-3-7-13(17)8-4-11/h1-9,14H. The average molecular weight is 293 g/mol. The Balaban J connectivity index is 2.31. The maximum absolute atomic E-state index is 12.3. The van der Waals surface area contributed by atoms with E-state index in [0.717, 1.165) is 0 Å². The normalized spacial score (nSPS) is 11.9. The van der Waals surface area contributed by atoms with Crippen LogP contribution in [-0.2, 0) is 4.79 Å². The quantitative estimate of drug-likeness (QED) is 0.482. The SMILES string of the molecule is O=CC(C(=O)c1ccc(Cl)cc1)c1ccc(Cl)cc1. The van der Waals surface area contributed by atoms with Crippen LogP contribution in [-0.4, -0.2) is 12.1 Å². The molecule has 0 aliphatic carbocycles. The summed E-state index contributed by atoms with van der Waals surface area (Å²) in [6.07, 6.45) is 0.639. The number of hydrogen-bond acceptors (Lipinski definition) is 2. The van der Waals surface area contributed by atoms with Crippen LogP contribution < -0.4 is 0 Å². The topological polar surface area (TPSA) is 34.1 Å². The molecule has 96 valence electrons. The second kappa shape index (κ2) is 6.00. The van der Waals surface area contributed by atoms with Crippen LogP contribution in [0, 0.1) is 0 Å². The van der Waals surface area contributed by atoms with E-state index < -0.39 is 5.92 Å². The fourth-order valence-electron chi connectivity index (χ4n) is 1.76. The monoisotopic (exact) mass is 292 g/mol. The van der Waals surface area contributed by atoms with E-state index in [1.54, 1.807) is 48.5 Å². The first kappa shape index (κ1) is 13.8. The van der Waals surface area contributed by atoms with Gasteiger partial charge in [-0.2, -0.15) is 0 Å². The van der Waals surface area contributed by atoms with Crippen LogP contribution in [0.2, 0.25) is 10.0 Å². The largest absolute Gasteiger partial charge is 0.302 e. The van der Waals surface area contributed by atoms with Crippen molar-refractivity contribution in [3.8, 4) is 0 Å². The first-order valence-corrected chi connectivity index (χ1v) is 6.38. The molecule has 2 nitrogen and oxygen atoms in total. The Hall–Kier alpha value is -1.64. The van der Waals surface area contributed by atoms with Crippen molar-refractivity contribution in [2.24, 2.45) is 0 Å². The molecule has 0 amide bonds. The van der Waals surface area contributed by atoms with E-state index in [9.17, 15) is 9.59 Å². The number of halogens is 2. The van der Waals surface area contributed by atoms with Crippen LogP contribution >= 0.6 is 23.2 Å². The van der Waals surface area contributed by atoms with E-state index in [4.69, 9.17) is 23.2 Å². The lowest BCUT2D eigenvalue weighted by Crippen LogP contribution is -2.14. The first-order chi connectivity index (χ1) is 9.11. The molecule has 1 atom stereocenters. The molecule has 0 N–H and O–H groups in total. The van der Waals surface area contributed by atoms with Crippen molar-refractivity contribution in [3.63, 3.8) is 0 Å². The van der Waals surface area contributed by atoms with Crippen molar-refractivity contribution >= 4 is 35.3 Å². The van der Waals surface area contributed by atoms with Gasteiger partial charge in [0.2, 0.25) is 0 Å². The molecule has 2 rings (SSSR count). The number of benzene rings is 2. The van der Waals surface area contributed by atoms with Crippen molar-refractivity contribution in [1.82, 2.24) is 0 Å². The summed E-state index contributed by atoms with van der Waals surface area (Å²) < 4.78 is 0. The van der Waals surface area contributed by atoms with Gasteiger partial charge in [-0.3, -0.25) is 4.79 Å². The van der Waals surface area contributed by atoms with Crippen molar-refractivity contribution in [2.75, 3.05) is 0 Å². The molecule has 0 radical (unpaired) electrons. The molecule has 1 unspecified atom stereocenters. The lowest BCUT2D eigenvalue weighted by Gasteiger charge is -2.10. The zero-order valence-corrected chi connectivity index (χ0v) is 11.4. The molecule has 0 saturated carbocycles. The van der Waals surface area contributed by atoms with Crippen molar-refractivity contribution in [2.45, 2.75) is 5.92 Å². The van der Waals surface area contributed by atoms with Crippen LogP contribution in [0.1, 0.15) is 21.8 Å². The van der Waals surface area contributed by atoms with E-state index >= 15 is 0 Å². The molecule has 0 fully saturated rings. The molecular formula is C15H10Cl2O2. The second-order valence-corrected chi connectivity index (χ2v) is 4.91. The van der Waals surface area contributed by atoms with Gasteiger partial charge >= 0.3 is 0 Å². The van der Waals surface area contributed by atoms with E-state index in [-0.39, 0.29) is 5.78 Å². The summed E-state index contributed by atoms with van der Waals surface area (Å²) in [5, 5.41) is 1.11. The van der Waals surface area contributed by atoms with Crippen LogP contribution in [0.5, 0.6) is 0 Å². The molecule has 0 saturated heterocycles. The summed E-state index contributed by atoms with van der Waals surface area (Å²) in [6, 6.07) is 13.1. The lowest BCUT2D eigenvalue weighted by atomic mass is 9.92. The Morgan fingerprint density at radius 3 is 1.84 bits per heavy atom. The second-order valence-electron chi connectivity index (χ2n) is 4.04. The van der Waals surface area contributed by atoms with Gasteiger partial charge in [0.1, 0.15) is 12.2 Å². The van der Waals surface area contributed by atoms with Crippen molar-refractivity contribution in [3.05, 3.63) is 69.7 Å². The summed E-state index contributed by atoms with van der Waals surface area (Å²) >= 11 is 11.6. The Bertz CT molecular complexity index is 589.